The van der Waals surface area contributed by atoms with Crippen molar-refractivity contribution in [3.8, 4) is 11.8 Å². The van der Waals surface area contributed by atoms with Gasteiger partial charge in [0.25, 0.3) is 0 Å². The molecule has 40 heavy (non-hydrogen) atoms. The number of carboxylic acid groups (broad SMARTS) is 2. The van der Waals surface area contributed by atoms with E-state index in [4.69, 9.17) is 35.5 Å². The van der Waals surface area contributed by atoms with Gasteiger partial charge in [0.15, 0.2) is 0 Å². The van der Waals surface area contributed by atoms with Crippen LogP contribution in [0.15, 0.2) is 48.7 Å². The SMILES string of the molecule is N#C[C@@H]1CCCN1C(=O)[C@@H](N)Cc1ccc(OCc2ccccn2)cc1.O=C(O)C(F)(F)F.O=C(O)C(F)(F)F. The van der Waals surface area contributed by atoms with Crippen LogP contribution in [0.2, 0.25) is 0 Å². The summed E-state index contributed by atoms with van der Waals surface area (Å²) in [5.41, 5.74) is 7.90. The van der Waals surface area contributed by atoms with Gasteiger partial charge in [0, 0.05) is 12.7 Å². The van der Waals surface area contributed by atoms with E-state index in [0.717, 1.165) is 29.8 Å². The molecule has 3 rings (SSSR count). The summed E-state index contributed by atoms with van der Waals surface area (Å²) in [6.07, 6.45) is -6.40. The van der Waals surface area contributed by atoms with E-state index in [0.29, 0.717) is 19.6 Å². The second kappa shape index (κ2) is 15.3. The largest absolute Gasteiger partial charge is 0.490 e. The van der Waals surface area contributed by atoms with E-state index in [1.54, 1.807) is 11.1 Å². The normalized spacial score (nSPS) is 15.3. The summed E-state index contributed by atoms with van der Waals surface area (Å²) >= 11 is 0. The van der Waals surface area contributed by atoms with Crippen molar-refractivity contribution in [3.05, 3.63) is 59.9 Å². The third kappa shape index (κ3) is 12.0. The van der Waals surface area contributed by atoms with Crippen LogP contribution < -0.4 is 10.5 Å². The summed E-state index contributed by atoms with van der Waals surface area (Å²) in [7, 11) is 0. The van der Waals surface area contributed by atoms with Crippen LogP contribution in [0.4, 0.5) is 26.3 Å². The number of amides is 1. The van der Waals surface area contributed by atoms with Crippen molar-refractivity contribution < 1.29 is 55.7 Å². The molecule has 1 fully saturated rings. The zero-order chi connectivity index (χ0) is 30.5. The second-order valence-electron chi connectivity index (χ2n) is 7.99. The molecule has 10 nitrogen and oxygen atoms in total. The smallest absolute Gasteiger partial charge is 0.487 e. The molecular weight excluding hydrogens is 554 g/mol. The first kappa shape index (κ1) is 33.6. The number of carboxylic acids is 2. The standard InChI is InChI=1S/C20H22N4O2.2C2HF3O2/c21-13-17-5-3-11-24(17)20(25)19(22)12-15-6-8-18(9-7-15)26-14-16-4-1-2-10-23-16;2*3-2(4,5)1(6)7/h1-2,4,6-10,17,19H,3,5,11-12,14,22H2;2*(H,6,7)/t17-,19-;;/m0../s1. The first-order valence-electron chi connectivity index (χ1n) is 11.2. The number of hydrogen-bond acceptors (Lipinski definition) is 7. The molecule has 0 unspecified atom stereocenters. The molecule has 1 aromatic carbocycles. The van der Waals surface area contributed by atoms with E-state index in [1.165, 1.54) is 0 Å². The van der Waals surface area contributed by atoms with E-state index in [1.807, 2.05) is 42.5 Å². The number of rotatable bonds is 6. The highest BCUT2D eigenvalue weighted by molar-refractivity contribution is 5.83. The van der Waals surface area contributed by atoms with Crippen molar-refractivity contribution in [2.24, 2.45) is 5.73 Å². The number of pyridine rings is 1. The quantitative estimate of drug-likeness (QED) is 0.436. The van der Waals surface area contributed by atoms with Gasteiger partial charge in [-0.05, 0) is 49.1 Å². The zero-order valence-corrected chi connectivity index (χ0v) is 20.5. The number of likely N-dealkylation sites (tertiary alicyclic amines) is 1. The maximum Gasteiger partial charge on any atom is 0.490 e. The van der Waals surface area contributed by atoms with Crippen LogP contribution in [0.3, 0.4) is 0 Å². The molecule has 2 heterocycles. The number of nitriles is 1. The number of benzene rings is 1. The first-order valence-corrected chi connectivity index (χ1v) is 11.2. The number of carbonyl (C=O) groups excluding carboxylic acids is 1. The monoisotopic (exact) mass is 578 g/mol. The molecule has 0 saturated carbocycles. The highest BCUT2D eigenvalue weighted by atomic mass is 19.4. The summed E-state index contributed by atoms with van der Waals surface area (Å²) in [4.78, 5) is 36.1. The van der Waals surface area contributed by atoms with Crippen molar-refractivity contribution >= 4 is 17.8 Å². The van der Waals surface area contributed by atoms with Crippen molar-refractivity contribution in [2.75, 3.05) is 6.54 Å². The Balaban J connectivity index is 0.000000473. The fourth-order valence-electron chi connectivity index (χ4n) is 3.08. The average Bonchev–Trinajstić information content (AvgIpc) is 3.37. The Morgan fingerprint density at radius 1 is 1.05 bits per heavy atom. The van der Waals surface area contributed by atoms with Gasteiger partial charge in [0.2, 0.25) is 5.91 Å². The lowest BCUT2D eigenvalue weighted by Crippen LogP contribution is -2.46. The maximum absolute atomic E-state index is 12.5. The summed E-state index contributed by atoms with van der Waals surface area (Å²) in [6, 6.07) is 14.4. The van der Waals surface area contributed by atoms with E-state index < -0.39 is 30.3 Å². The van der Waals surface area contributed by atoms with Gasteiger partial charge in [-0.1, -0.05) is 18.2 Å². The van der Waals surface area contributed by atoms with Gasteiger partial charge in [0.1, 0.15) is 18.4 Å². The molecule has 2 atom stereocenters. The Morgan fingerprint density at radius 2 is 1.60 bits per heavy atom. The summed E-state index contributed by atoms with van der Waals surface area (Å²) < 4.78 is 69.2. The molecule has 0 bridgehead atoms. The third-order valence-electron chi connectivity index (χ3n) is 4.98. The van der Waals surface area contributed by atoms with Crippen LogP contribution in [-0.2, 0) is 27.4 Å². The number of nitrogens with two attached hydrogens (primary N) is 1. The molecule has 1 aliphatic rings. The molecule has 16 heteroatoms. The highest BCUT2D eigenvalue weighted by Crippen LogP contribution is 2.19. The van der Waals surface area contributed by atoms with Gasteiger partial charge in [-0.25, -0.2) is 9.59 Å². The Labute approximate surface area is 223 Å². The van der Waals surface area contributed by atoms with Crippen LogP contribution >= 0.6 is 0 Å². The number of hydrogen-bond donors (Lipinski definition) is 3. The number of ether oxygens (including phenoxy) is 1. The number of aromatic nitrogens is 1. The Bertz CT molecular complexity index is 1130. The number of nitrogens with zero attached hydrogens (tertiary/aromatic N) is 3. The number of aliphatic carboxylic acids is 2. The van der Waals surface area contributed by atoms with Crippen LogP contribution in [0.5, 0.6) is 5.75 Å². The molecule has 0 radical (unpaired) electrons. The van der Waals surface area contributed by atoms with Gasteiger partial charge in [0.05, 0.1) is 17.8 Å². The molecule has 1 amide bonds. The number of carbonyl (C=O) groups is 3. The summed E-state index contributed by atoms with van der Waals surface area (Å²) in [5.74, 6) is -4.92. The van der Waals surface area contributed by atoms with E-state index in [9.17, 15) is 31.1 Å². The van der Waals surface area contributed by atoms with Gasteiger partial charge in [-0.2, -0.15) is 31.6 Å². The molecule has 4 N–H and O–H groups in total. The fourth-order valence-corrected chi connectivity index (χ4v) is 3.08. The minimum Gasteiger partial charge on any atom is -0.487 e. The predicted octanol–water partition coefficient (Wildman–Crippen LogP) is 3.31. The van der Waals surface area contributed by atoms with Crippen LogP contribution in [-0.4, -0.2) is 68.9 Å². The molecular formula is C24H24F6N4O6. The van der Waals surface area contributed by atoms with E-state index >= 15 is 0 Å². The van der Waals surface area contributed by atoms with Crippen molar-refractivity contribution in [3.63, 3.8) is 0 Å². The van der Waals surface area contributed by atoms with Crippen molar-refractivity contribution in [1.29, 1.82) is 5.26 Å². The van der Waals surface area contributed by atoms with Gasteiger partial charge >= 0.3 is 24.3 Å². The average molecular weight is 578 g/mol. The Kier molecular flexibility index (Phi) is 12.8. The lowest BCUT2D eigenvalue weighted by molar-refractivity contribution is -0.193. The van der Waals surface area contributed by atoms with Crippen molar-refractivity contribution in [1.82, 2.24) is 9.88 Å². The third-order valence-corrected chi connectivity index (χ3v) is 4.98. The first-order chi connectivity index (χ1) is 18.6. The minimum absolute atomic E-state index is 0.149. The Morgan fingerprint density at radius 3 is 2.05 bits per heavy atom. The predicted molar refractivity (Wildman–Crippen MR) is 124 cm³/mol. The molecule has 0 aliphatic carbocycles. The van der Waals surface area contributed by atoms with Crippen molar-refractivity contribution in [2.45, 2.75) is 50.3 Å². The highest BCUT2D eigenvalue weighted by Gasteiger charge is 2.39. The van der Waals surface area contributed by atoms with Gasteiger partial charge < -0.3 is 25.6 Å². The lowest BCUT2D eigenvalue weighted by Gasteiger charge is -2.23. The van der Waals surface area contributed by atoms with Crippen LogP contribution in [0.25, 0.3) is 0 Å². The molecule has 1 aromatic heterocycles. The molecule has 2 aromatic rings. The number of halogens is 6. The Hall–Kier alpha value is -4.39. The topological polar surface area (TPSA) is 167 Å². The lowest BCUT2D eigenvalue weighted by atomic mass is 10.1. The molecule has 218 valence electrons. The molecule has 0 spiro atoms. The van der Waals surface area contributed by atoms with E-state index in [-0.39, 0.29) is 11.9 Å². The second-order valence-corrected chi connectivity index (χ2v) is 7.99. The van der Waals surface area contributed by atoms with Gasteiger partial charge in [-0.3, -0.25) is 9.78 Å². The fraction of sp³-hybridized carbons (Fsp3) is 0.375. The molecule has 1 saturated heterocycles. The maximum atomic E-state index is 12.5. The van der Waals surface area contributed by atoms with Crippen LogP contribution in [0, 0.1) is 11.3 Å². The summed E-state index contributed by atoms with van der Waals surface area (Å²) in [6.45, 7) is 1.02. The number of alkyl halides is 6. The van der Waals surface area contributed by atoms with Crippen LogP contribution in [0.1, 0.15) is 24.1 Å². The molecule has 1 aliphatic heterocycles. The zero-order valence-electron chi connectivity index (χ0n) is 20.5. The summed E-state index contributed by atoms with van der Waals surface area (Å²) in [5, 5.41) is 23.4. The minimum atomic E-state index is -5.08. The van der Waals surface area contributed by atoms with E-state index in [2.05, 4.69) is 11.1 Å². The van der Waals surface area contributed by atoms with Gasteiger partial charge in [-0.15, -0.1) is 0 Å².